The first kappa shape index (κ1) is 12.4. The zero-order chi connectivity index (χ0) is 13.7. The van der Waals surface area contributed by atoms with E-state index in [0.29, 0.717) is 13.2 Å². The molecule has 1 saturated heterocycles. The maximum absolute atomic E-state index is 10.3. The minimum absolute atomic E-state index is 0.0510. The van der Waals surface area contributed by atoms with Gasteiger partial charge in [-0.15, -0.1) is 0 Å². The number of rotatable bonds is 1. The molecule has 1 aromatic heterocycles. The Morgan fingerprint density at radius 2 is 2.30 bits per heavy atom. The first-order valence-electron chi connectivity index (χ1n) is 6.84. The van der Waals surface area contributed by atoms with Gasteiger partial charge in [0.2, 0.25) is 0 Å². The van der Waals surface area contributed by atoms with E-state index < -0.39 is 6.10 Å². The number of hydrogen-bond acceptors (Lipinski definition) is 3. The van der Waals surface area contributed by atoms with Gasteiger partial charge >= 0.3 is 0 Å². The Bertz CT molecular complexity index is 655. The Morgan fingerprint density at radius 1 is 1.40 bits per heavy atom. The molecule has 0 amide bonds. The number of ether oxygens (including phenoxy) is 1. The topological polar surface area (TPSA) is 47.3 Å². The van der Waals surface area contributed by atoms with Crippen molar-refractivity contribution in [1.29, 1.82) is 0 Å². The number of fused-ring (bicyclic) bond motifs is 3. The number of hydrogen-bond donors (Lipinski definition) is 1. The SMILES string of the molecule is O[C@H]1COCCC1[C@@H]1c2c(Cl)cccc2-c2cncn21. The van der Waals surface area contributed by atoms with Crippen molar-refractivity contribution in [3.05, 3.63) is 41.3 Å². The Kier molecular flexibility index (Phi) is 2.84. The molecule has 3 heterocycles. The van der Waals surface area contributed by atoms with Crippen LogP contribution in [0.15, 0.2) is 30.7 Å². The molecule has 1 fully saturated rings. The minimum Gasteiger partial charge on any atom is -0.390 e. The molecule has 0 saturated carbocycles. The van der Waals surface area contributed by atoms with Gasteiger partial charge in [-0.1, -0.05) is 23.7 Å². The van der Waals surface area contributed by atoms with Crippen molar-refractivity contribution >= 4 is 11.6 Å². The highest BCUT2D eigenvalue weighted by atomic mass is 35.5. The summed E-state index contributed by atoms with van der Waals surface area (Å²) >= 11 is 6.43. The van der Waals surface area contributed by atoms with Crippen LogP contribution in [0.5, 0.6) is 0 Å². The molecule has 2 aliphatic rings. The normalized spacial score (nSPS) is 28.2. The molecule has 0 bridgehead atoms. The van der Waals surface area contributed by atoms with Crippen LogP contribution in [0.4, 0.5) is 0 Å². The molecule has 2 aliphatic heterocycles. The predicted octanol–water partition coefficient (Wildman–Crippen LogP) is 2.50. The molecule has 2 aromatic rings. The first-order valence-corrected chi connectivity index (χ1v) is 7.21. The van der Waals surface area contributed by atoms with E-state index in [-0.39, 0.29) is 12.0 Å². The summed E-state index contributed by atoms with van der Waals surface area (Å²) in [6.45, 7) is 1.08. The highest BCUT2D eigenvalue weighted by Crippen LogP contribution is 2.48. The molecule has 104 valence electrons. The van der Waals surface area contributed by atoms with E-state index >= 15 is 0 Å². The molecule has 3 atom stereocenters. The average Bonchev–Trinajstić information content (AvgIpc) is 3.01. The van der Waals surface area contributed by atoms with E-state index in [2.05, 4.69) is 15.6 Å². The summed E-state index contributed by atoms with van der Waals surface area (Å²) in [5.74, 6) is 0.109. The molecule has 4 nitrogen and oxygen atoms in total. The van der Waals surface area contributed by atoms with Gasteiger partial charge in [-0.05, 0) is 12.5 Å². The minimum atomic E-state index is -0.466. The van der Waals surface area contributed by atoms with Crippen LogP contribution in [0.25, 0.3) is 11.3 Å². The van der Waals surface area contributed by atoms with E-state index in [4.69, 9.17) is 16.3 Å². The molecule has 0 radical (unpaired) electrons. The van der Waals surface area contributed by atoms with Gasteiger partial charge in [0.1, 0.15) is 0 Å². The molecular formula is C15H15ClN2O2. The maximum atomic E-state index is 10.3. The monoisotopic (exact) mass is 290 g/mol. The fraction of sp³-hybridized carbons (Fsp3) is 0.400. The highest BCUT2D eigenvalue weighted by Gasteiger charge is 2.40. The van der Waals surface area contributed by atoms with E-state index in [0.717, 1.165) is 28.3 Å². The summed E-state index contributed by atoms with van der Waals surface area (Å²) in [5.41, 5.74) is 3.31. The van der Waals surface area contributed by atoms with Crippen LogP contribution in [0.2, 0.25) is 5.02 Å². The largest absolute Gasteiger partial charge is 0.390 e. The van der Waals surface area contributed by atoms with Crippen LogP contribution >= 0.6 is 11.6 Å². The fourth-order valence-corrected chi connectivity index (χ4v) is 3.75. The standard InChI is InChI=1S/C15H15ClN2O2/c16-11-3-1-2-9-12-6-17-8-18(12)15(14(9)11)10-4-5-20-7-13(10)19/h1-3,6,8,10,13,15,19H,4-5,7H2/t10?,13-,15+/m0/s1. The van der Waals surface area contributed by atoms with Crippen molar-refractivity contribution < 1.29 is 9.84 Å². The van der Waals surface area contributed by atoms with Crippen LogP contribution in [0, 0.1) is 5.92 Å². The van der Waals surface area contributed by atoms with E-state index in [1.165, 1.54) is 0 Å². The van der Waals surface area contributed by atoms with E-state index in [1.54, 1.807) is 0 Å². The van der Waals surface area contributed by atoms with Crippen molar-refractivity contribution in [2.45, 2.75) is 18.6 Å². The summed E-state index contributed by atoms with van der Waals surface area (Å²) in [5, 5.41) is 11.1. The van der Waals surface area contributed by atoms with Crippen molar-refractivity contribution in [3.63, 3.8) is 0 Å². The third-order valence-corrected chi connectivity index (χ3v) is 4.70. The zero-order valence-corrected chi connectivity index (χ0v) is 11.6. The molecular weight excluding hydrogens is 276 g/mol. The van der Waals surface area contributed by atoms with Gasteiger partial charge in [-0.25, -0.2) is 4.98 Å². The van der Waals surface area contributed by atoms with Gasteiger partial charge in [0, 0.05) is 28.7 Å². The quantitative estimate of drug-likeness (QED) is 0.878. The number of aliphatic hydroxyl groups is 1. The molecule has 5 heteroatoms. The second-order valence-corrected chi connectivity index (χ2v) is 5.83. The Hall–Kier alpha value is -1.36. The van der Waals surface area contributed by atoms with Crippen LogP contribution in [-0.4, -0.2) is 34.0 Å². The fourth-order valence-electron chi connectivity index (χ4n) is 3.46. The van der Waals surface area contributed by atoms with Gasteiger partial charge in [-0.2, -0.15) is 0 Å². The van der Waals surface area contributed by atoms with Crippen molar-refractivity contribution in [1.82, 2.24) is 9.55 Å². The number of imidazole rings is 1. The number of nitrogens with zero attached hydrogens (tertiary/aromatic N) is 2. The summed E-state index contributed by atoms with van der Waals surface area (Å²) in [6, 6.07) is 6.00. The Labute approximate surface area is 122 Å². The summed E-state index contributed by atoms with van der Waals surface area (Å²) in [6.07, 6.45) is 4.05. The molecule has 0 spiro atoms. The van der Waals surface area contributed by atoms with Crippen LogP contribution < -0.4 is 0 Å². The second-order valence-electron chi connectivity index (χ2n) is 5.43. The van der Waals surface area contributed by atoms with Crippen molar-refractivity contribution in [3.8, 4) is 11.3 Å². The Balaban J connectivity index is 1.88. The lowest BCUT2D eigenvalue weighted by Crippen LogP contribution is -2.37. The van der Waals surface area contributed by atoms with Gasteiger partial charge < -0.3 is 14.4 Å². The van der Waals surface area contributed by atoms with Crippen molar-refractivity contribution in [2.24, 2.45) is 5.92 Å². The number of aromatic nitrogens is 2. The van der Waals surface area contributed by atoms with Gasteiger partial charge in [0.15, 0.2) is 0 Å². The highest BCUT2D eigenvalue weighted by molar-refractivity contribution is 6.32. The lowest BCUT2D eigenvalue weighted by Gasteiger charge is -2.33. The summed E-state index contributed by atoms with van der Waals surface area (Å²) in [4.78, 5) is 4.25. The van der Waals surface area contributed by atoms with Gasteiger partial charge in [0.05, 0.1) is 37.0 Å². The zero-order valence-electron chi connectivity index (χ0n) is 10.9. The molecule has 20 heavy (non-hydrogen) atoms. The van der Waals surface area contributed by atoms with E-state index in [1.807, 2.05) is 24.7 Å². The average molecular weight is 291 g/mol. The molecule has 1 aromatic carbocycles. The summed E-state index contributed by atoms with van der Waals surface area (Å²) in [7, 11) is 0. The summed E-state index contributed by atoms with van der Waals surface area (Å²) < 4.78 is 7.49. The maximum Gasteiger partial charge on any atom is 0.0956 e. The lowest BCUT2D eigenvalue weighted by atomic mass is 9.85. The molecule has 1 N–H and O–H groups in total. The lowest BCUT2D eigenvalue weighted by molar-refractivity contribution is -0.0540. The predicted molar refractivity (Wildman–Crippen MR) is 75.7 cm³/mol. The second kappa shape index (κ2) is 4.58. The van der Waals surface area contributed by atoms with Crippen LogP contribution in [-0.2, 0) is 4.74 Å². The molecule has 4 rings (SSSR count). The third kappa shape index (κ3) is 1.65. The number of halogens is 1. The third-order valence-electron chi connectivity index (χ3n) is 4.37. The van der Waals surface area contributed by atoms with Crippen LogP contribution in [0.1, 0.15) is 18.0 Å². The van der Waals surface area contributed by atoms with Gasteiger partial charge in [-0.3, -0.25) is 0 Å². The smallest absolute Gasteiger partial charge is 0.0956 e. The van der Waals surface area contributed by atoms with Crippen molar-refractivity contribution in [2.75, 3.05) is 13.2 Å². The number of benzene rings is 1. The molecule has 0 aliphatic carbocycles. The Morgan fingerprint density at radius 3 is 3.15 bits per heavy atom. The van der Waals surface area contributed by atoms with Gasteiger partial charge in [0.25, 0.3) is 0 Å². The van der Waals surface area contributed by atoms with Crippen LogP contribution in [0.3, 0.4) is 0 Å². The molecule has 1 unspecified atom stereocenters. The van der Waals surface area contributed by atoms with E-state index in [9.17, 15) is 5.11 Å². The first-order chi connectivity index (χ1) is 9.77. The number of aliphatic hydroxyl groups excluding tert-OH is 1.